The van der Waals surface area contributed by atoms with Gasteiger partial charge in [0, 0.05) is 0 Å². The first kappa shape index (κ1) is 13.8. The Morgan fingerprint density at radius 1 is 1.41 bits per heavy atom. The van der Waals surface area contributed by atoms with Gasteiger partial charge in [-0.1, -0.05) is 6.07 Å². The number of rotatable bonds is 2. The molecule has 1 unspecified atom stereocenters. The van der Waals surface area contributed by atoms with Crippen molar-refractivity contribution >= 4 is 17.6 Å². The average Bonchev–Trinajstić information content (AvgIpc) is 2.25. The highest BCUT2D eigenvalue weighted by Crippen LogP contribution is 2.37. The second kappa shape index (κ2) is 4.91. The number of carbonyl (C=O) groups excluding carboxylic acids is 1. The van der Waals surface area contributed by atoms with E-state index in [4.69, 9.17) is 11.6 Å². The zero-order valence-electron chi connectivity index (χ0n) is 8.52. The largest absolute Gasteiger partial charge is 0.468 e. The number of halogens is 5. The number of ether oxygens (including phenoxy) is 1. The van der Waals surface area contributed by atoms with E-state index in [9.17, 15) is 22.4 Å². The quantitative estimate of drug-likeness (QED) is 0.468. The molecule has 1 aromatic rings. The Morgan fingerprint density at radius 2 is 2.00 bits per heavy atom. The standard InChI is InChI=1S/C10H7ClF4O2/c1-17-9(16)8(11)6-3-2-5(12)4-7(6)10(13,14)15/h2-4,8H,1H3. The molecule has 7 heteroatoms. The van der Waals surface area contributed by atoms with E-state index in [0.29, 0.717) is 0 Å². The minimum absolute atomic E-state index is 0.285. The van der Waals surface area contributed by atoms with Crippen LogP contribution < -0.4 is 0 Å². The van der Waals surface area contributed by atoms with Crippen LogP contribution in [0.3, 0.4) is 0 Å². The van der Waals surface area contributed by atoms with Crippen molar-refractivity contribution in [3.63, 3.8) is 0 Å². The van der Waals surface area contributed by atoms with Crippen molar-refractivity contribution < 1.29 is 27.1 Å². The van der Waals surface area contributed by atoms with Crippen LogP contribution >= 0.6 is 11.6 Å². The summed E-state index contributed by atoms with van der Waals surface area (Å²) in [4.78, 5) is 11.1. The maximum atomic E-state index is 12.8. The third-order valence-corrected chi connectivity index (χ3v) is 2.42. The van der Waals surface area contributed by atoms with E-state index in [1.165, 1.54) is 0 Å². The van der Waals surface area contributed by atoms with Crippen molar-refractivity contribution in [3.8, 4) is 0 Å². The van der Waals surface area contributed by atoms with E-state index < -0.39 is 34.5 Å². The van der Waals surface area contributed by atoms with Crippen molar-refractivity contribution in [3.05, 3.63) is 35.1 Å². The molecule has 0 saturated carbocycles. The van der Waals surface area contributed by atoms with Crippen LogP contribution in [-0.2, 0) is 15.7 Å². The maximum Gasteiger partial charge on any atom is 0.416 e. The van der Waals surface area contributed by atoms with Crippen molar-refractivity contribution in [1.29, 1.82) is 0 Å². The topological polar surface area (TPSA) is 26.3 Å². The molecular formula is C10H7ClF4O2. The molecular weight excluding hydrogens is 264 g/mol. The van der Waals surface area contributed by atoms with Gasteiger partial charge in [0.05, 0.1) is 12.7 Å². The van der Waals surface area contributed by atoms with Crippen LogP contribution in [0.2, 0.25) is 0 Å². The normalized spacial score (nSPS) is 13.3. The number of methoxy groups -OCH3 is 1. The third-order valence-electron chi connectivity index (χ3n) is 2.00. The molecule has 0 amide bonds. The molecule has 0 aliphatic rings. The number of hydrogen-bond donors (Lipinski definition) is 0. The molecule has 0 aromatic heterocycles. The SMILES string of the molecule is COC(=O)C(Cl)c1ccc(F)cc1C(F)(F)F. The first-order valence-electron chi connectivity index (χ1n) is 4.36. The Hall–Kier alpha value is -1.30. The van der Waals surface area contributed by atoms with Gasteiger partial charge in [0.25, 0.3) is 0 Å². The van der Waals surface area contributed by atoms with Crippen LogP contribution in [0, 0.1) is 5.82 Å². The summed E-state index contributed by atoms with van der Waals surface area (Å²) in [6.07, 6.45) is -4.79. The molecule has 0 saturated heterocycles. The molecule has 94 valence electrons. The Balaban J connectivity index is 3.29. The number of hydrogen-bond acceptors (Lipinski definition) is 2. The molecule has 2 nitrogen and oxygen atoms in total. The number of benzene rings is 1. The fraction of sp³-hybridized carbons (Fsp3) is 0.300. The van der Waals surface area contributed by atoms with Gasteiger partial charge in [0.15, 0.2) is 5.38 Å². The zero-order valence-corrected chi connectivity index (χ0v) is 9.27. The smallest absolute Gasteiger partial charge is 0.416 e. The Morgan fingerprint density at radius 3 is 2.47 bits per heavy atom. The summed E-state index contributed by atoms with van der Waals surface area (Å²) >= 11 is 5.52. The van der Waals surface area contributed by atoms with Crippen molar-refractivity contribution in [2.24, 2.45) is 0 Å². The van der Waals surface area contributed by atoms with Crippen LogP contribution in [0.25, 0.3) is 0 Å². The summed E-state index contributed by atoms with van der Waals surface area (Å²) in [5.74, 6) is -2.10. The molecule has 17 heavy (non-hydrogen) atoms. The predicted octanol–water partition coefficient (Wildman–Crippen LogP) is 3.30. The summed E-state index contributed by atoms with van der Waals surface area (Å²) in [5, 5.41) is -1.63. The minimum atomic E-state index is -4.79. The molecule has 0 radical (unpaired) electrons. The molecule has 1 atom stereocenters. The van der Waals surface area contributed by atoms with E-state index in [2.05, 4.69) is 4.74 Å². The maximum absolute atomic E-state index is 12.8. The summed E-state index contributed by atoms with van der Waals surface area (Å²) in [6, 6.07) is 1.89. The van der Waals surface area contributed by atoms with Gasteiger partial charge in [0.2, 0.25) is 0 Å². The van der Waals surface area contributed by atoms with Gasteiger partial charge in [-0.15, -0.1) is 11.6 Å². The van der Waals surface area contributed by atoms with Gasteiger partial charge in [0.1, 0.15) is 5.82 Å². The Kier molecular flexibility index (Phi) is 3.98. The molecule has 1 aromatic carbocycles. The second-order valence-electron chi connectivity index (χ2n) is 3.12. The lowest BCUT2D eigenvalue weighted by Gasteiger charge is -2.15. The number of esters is 1. The van der Waals surface area contributed by atoms with Crippen LogP contribution in [0.5, 0.6) is 0 Å². The van der Waals surface area contributed by atoms with Crippen LogP contribution in [0.15, 0.2) is 18.2 Å². The van der Waals surface area contributed by atoms with E-state index >= 15 is 0 Å². The summed E-state index contributed by atoms with van der Waals surface area (Å²) in [7, 11) is 0.995. The van der Waals surface area contributed by atoms with Crippen LogP contribution in [0.1, 0.15) is 16.5 Å². The monoisotopic (exact) mass is 270 g/mol. The molecule has 0 aliphatic heterocycles. The molecule has 0 spiro atoms. The molecule has 0 heterocycles. The summed E-state index contributed by atoms with van der Waals surface area (Å²) in [5.41, 5.74) is -1.82. The lowest BCUT2D eigenvalue weighted by molar-refractivity contribution is -0.142. The van der Waals surface area contributed by atoms with Gasteiger partial charge in [-0.2, -0.15) is 13.2 Å². The van der Waals surface area contributed by atoms with Crippen LogP contribution in [0.4, 0.5) is 17.6 Å². The zero-order chi connectivity index (χ0) is 13.2. The highest BCUT2D eigenvalue weighted by molar-refractivity contribution is 6.30. The minimum Gasteiger partial charge on any atom is -0.468 e. The van der Waals surface area contributed by atoms with Gasteiger partial charge in [-0.3, -0.25) is 4.79 Å². The Labute approximate surface area is 99.1 Å². The van der Waals surface area contributed by atoms with Gasteiger partial charge >= 0.3 is 12.1 Å². The van der Waals surface area contributed by atoms with Crippen molar-refractivity contribution in [2.75, 3.05) is 7.11 Å². The average molecular weight is 271 g/mol. The first-order valence-corrected chi connectivity index (χ1v) is 4.79. The van der Waals surface area contributed by atoms with Crippen molar-refractivity contribution in [1.82, 2.24) is 0 Å². The molecule has 0 aliphatic carbocycles. The first-order chi connectivity index (χ1) is 7.77. The van der Waals surface area contributed by atoms with E-state index in [1.807, 2.05) is 0 Å². The van der Waals surface area contributed by atoms with Gasteiger partial charge in [-0.25, -0.2) is 4.39 Å². The molecule has 0 bridgehead atoms. The molecule has 0 N–H and O–H groups in total. The van der Waals surface area contributed by atoms with E-state index in [0.717, 1.165) is 19.2 Å². The fourth-order valence-corrected chi connectivity index (χ4v) is 1.50. The lowest BCUT2D eigenvalue weighted by atomic mass is 10.0. The van der Waals surface area contributed by atoms with Gasteiger partial charge in [-0.05, 0) is 17.7 Å². The second-order valence-corrected chi connectivity index (χ2v) is 3.55. The fourth-order valence-electron chi connectivity index (χ4n) is 1.23. The highest BCUT2D eigenvalue weighted by atomic mass is 35.5. The van der Waals surface area contributed by atoms with E-state index in [1.54, 1.807) is 0 Å². The molecule has 1 rings (SSSR count). The highest BCUT2D eigenvalue weighted by Gasteiger charge is 2.37. The molecule has 0 fully saturated rings. The summed E-state index contributed by atoms with van der Waals surface area (Å²) < 4.78 is 54.7. The van der Waals surface area contributed by atoms with E-state index in [-0.39, 0.29) is 6.07 Å². The Bertz CT molecular complexity index is 431. The van der Waals surface area contributed by atoms with Crippen molar-refractivity contribution in [2.45, 2.75) is 11.6 Å². The van der Waals surface area contributed by atoms with Gasteiger partial charge < -0.3 is 4.74 Å². The number of alkyl halides is 4. The summed E-state index contributed by atoms with van der Waals surface area (Å²) in [6.45, 7) is 0. The van der Waals surface area contributed by atoms with Crippen LogP contribution in [-0.4, -0.2) is 13.1 Å². The third kappa shape index (κ3) is 3.09. The predicted molar refractivity (Wildman–Crippen MR) is 52.0 cm³/mol. The number of carbonyl (C=O) groups is 1. The lowest BCUT2D eigenvalue weighted by Crippen LogP contribution is -2.16.